The van der Waals surface area contributed by atoms with E-state index in [0.717, 1.165) is 20.6 Å². The molecule has 2 rings (SSSR count). The van der Waals surface area contributed by atoms with E-state index in [4.69, 9.17) is 5.73 Å². The van der Waals surface area contributed by atoms with Gasteiger partial charge in [0.05, 0.1) is 11.4 Å². The smallest absolute Gasteiger partial charge is 0.0618 e. The fourth-order valence-corrected chi connectivity index (χ4v) is 2.48. The lowest BCUT2D eigenvalue weighted by Crippen LogP contribution is -1.96. The first-order valence-corrected chi connectivity index (χ1v) is 7.45. The molecule has 0 aliphatic heterocycles. The molecule has 2 nitrogen and oxygen atoms in total. The van der Waals surface area contributed by atoms with Crippen LogP contribution in [0.1, 0.15) is 0 Å². The number of hydrogen-bond acceptors (Lipinski definition) is 3. The normalized spacial score (nSPS) is 10.2. The van der Waals surface area contributed by atoms with Crippen LogP contribution in [0.25, 0.3) is 0 Å². The number of halogens is 1. The van der Waals surface area contributed by atoms with Gasteiger partial charge >= 0.3 is 0 Å². The number of nitrogens with one attached hydrogen (secondary N) is 1. The fourth-order valence-electron chi connectivity index (χ4n) is 1.50. The fraction of sp³-hybridized carbons (Fsp3) is 0.0769. The van der Waals surface area contributed by atoms with Crippen molar-refractivity contribution in [2.24, 2.45) is 0 Å². The van der Waals surface area contributed by atoms with Crippen LogP contribution in [0, 0.1) is 3.57 Å². The van der Waals surface area contributed by atoms with E-state index in [1.165, 1.54) is 4.90 Å². The van der Waals surface area contributed by atoms with E-state index < -0.39 is 0 Å². The van der Waals surface area contributed by atoms with Gasteiger partial charge in [0.1, 0.15) is 0 Å². The molecule has 0 radical (unpaired) electrons. The van der Waals surface area contributed by atoms with Crippen molar-refractivity contribution < 1.29 is 0 Å². The highest BCUT2D eigenvalue weighted by atomic mass is 127. The van der Waals surface area contributed by atoms with Crippen LogP contribution in [0.3, 0.4) is 0 Å². The van der Waals surface area contributed by atoms with Crippen LogP contribution in [-0.4, -0.2) is 6.26 Å². The van der Waals surface area contributed by atoms with Crippen molar-refractivity contribution in [3.05, 3.63) is 46.0 Å². The molecule has 0 aromatic heterocycles. The molecule has 0 saturated heterocycles. The minimum atomic E-state index is 0.770. The summed E-state index contributed by atoms with van der Waals surface area (Å²) in [5.41, 5.74) is 8.74. The minimum Gasteiger partial charge on any atom is -0.397 e. The topological polar surface area (TPSA) is 38.0 Å². The van der Waals surface area contributed by atoms with E-state index in [9.17, 15) is 0 Å². The van der Waals surface area contributed by atoms with E-state index >= 15 is 0 Å². The first-order chi connectivity index (χ1) is 8.19. The van der Waals surface area contributed by atoms with Gasteiger partial charge in [0.2, 0.25) is 0 Å². The molecular weight excluding hydrogens is 343 g/mol. The number of thioether (sulfide) groups is 1. The Bertz CT molecular complexity index is 529. The summed E-state index contributed by atoms with van der Waals surface area (Å²) >= 11 is 3.98. The van der Waals surface area contributed by atoms with Crippen LogP contribution >= 0.6 is 34.4 Å². The van der Waals surface area contributed by atoms with Gasteiger partial charge in [-0.2, -0.15) is 0 Å². The Kier molecular flexibility index (Phi) is 4.17. The average Bonchev–Trinajstić information content (AvgIpc) is 2.33. The summed E-state index contributed by atoms with van der Waals surface area (Å²) in [4.78, 5) is 1.24. The highest BCUT2D eigenvalue weighted by Crippen LogP contribution is 2.26. The highest BCUT2D eigenvalue weighted by Gasteiger charge is 2.01. The zero-order chi connectivity index (χ0) is 12.3. The number of rotatable bonds is 3. The Morgan fingerprint density at radius 3 is 2.71 bits per heavy atom. The first kappa shape index (κ1) is 12.6. The van der Waals surface area contributed by atoms with Crippen molar-refractivity contribution in [1.29, 1.82) is 0 Å². The van der Waals surface area contributed by atoms with Gasteiger partial charge in [0, 0.05) is 14.2 Å². The number of benzene rings is 2. The third kappa shape index (κ3) is 3.29. The zero-order valence-corrected chi connectivity index (χ0v) is 12.4. The zero-order valence-electron chi connectivity index (χ0n) is 9.41. The Morgan fingerprint density at radius 2 is 2.00 bits per heavy atom. The largest absolute Gasteiger partial charge is 0.397 e. The van der Waals surface area contributed by atoms with Gasteiger partial charge in [-0.15, -0.1) is 11.8 Å². The summed E-state index contributed by atoms with van der Waals surface area (Å²) in [5.74, 6) is 0. The van der Waals surface area contributed by atoms with Crippen molar-refractivity contribution in [2.75, 3.05) is 17.3 Å². The van der Waals surface area contributed by atoms with Gasteiger partial charge < -0.3 is 11.1 Å². The molecule has 88 valence electrons. The summed E-state index contributed by atoms with van der Waals surface area (Å²) < 4.78 is 1.14. The van der Waals surface area contributed by atoms with Crippen molar-refractivity contribution >= 4 is 51.4 Å². The maximum atomic E-state index is 5.97. The Labute approximate surface area is 119 Å². The van der Waals surface area contributed by atoms with E-state index in [-0.39, 0.29) is 0 Å². The van der Waals surface area contributed by atoms with Crippen LogP contribution in [0.5, 0.6) is 0 Å². The van der Waals surface area contributed by atoms with Gasteiger partial charge in [0.15, 0.2) is 0 Å². The number of anilines is 3. The van der Waals surface area contributed by atoms with E-state index in [2.05, 4.69) is 46.3 Å². The third-order valence-corrected chi connectivity index (χ3v) is 3.76. The quantitative estimate of drug-likeness (QED) is 0.488. The van der Waals surface area contributed by atoms with Crippen LogP contribution in [-0.2, 0) is 0 Å². The Hall–Kier alpha value is -0.880. The van der Waals surface area contributed by atoms with Gasteiger partial charge in [-0.05, 0) is 65.2 Å². The van der Waals surface area contributed by atoms with Crippen LogP contribution in [0.15, 0.2) is 47.4 Å². The van der Waals surface area contributed by atoms with Crippen molar-refractivity contribution in [2.45, 2.75) is 4.90 Å². The van der Waals surface area contributed by atoms with Gasteiger partial charge in [0.25, 0.3) is 0 Å². The molecule has 2 aromatic rings. The maximum Gasteiger partial charge on any atom is 0.0618 e. The standard InChI is InChI=1S/C13H13IN2S/c1-17-11-4-2-3-10(8-11)16-13-6-5-9(14)7-12(13)15/h2-8,16H,15H2,1H3. The second-order valence-corrected chi connectivity index (χ2v) is 5.71. The lowest BCUT2D eigenvalue weighted by atomic mass is 10.2. The predicted octanol–water partition coefficient (Wildman–Crippen LogP) is 4.34. The van der Waals surface area contributed by atoms with Gasteiger partial charge in [-0.1, -0.05) is 6.07 Å². The monoisotopic (exact) mass is 356 g/mol. The number of nitrogens with two attached hydrogens (primary N) is 1. The molecule has 0 unspecified atom stereocenters. The molecule has 0 bridgehead atoms. The molecule has 0 saturated carbocycles. The molecule has 0 atom stereocenters. The molecule has 17 heavy (non-hydrogen) atoms. The highest BCUT2D eigenvalue weighted by molar-refractivity contribution is 14.1. The van der Waals surface area contributed by atoms with E-state index in [0.29, 0.717) is 0 Å². The summed E-state index contributed by atoms with van der Waals surface area (Å²) in [6, 6.07) is 14.3. The molecule has 0 spiro atoms. The number of hydrogen-bond donors (Lipinski definition) is 2. The number of nitrogen functional groups attached to an aromatic ring is 1. The maximum absolute atomic E-state index is 5.97. The predicted molar refractivity (Wildman–Crippen MR) is 85.1 cm³/mol. The van der Waals surface area contributed by atoms with E-state index in [1.807, 2.05) is 30.3 Å². The van der Waals surface area contributed by atoms with Crippen molar-refractivity contribution in [3.63, 3.8) is 0 Å². The van der Waals surface area contributed by atoms with Gasteiger partial charge in [-0.25, -0.2) is 0 Å². The molecule has 0 amide bonds. The molecule has 0 heterocycles. The van der Waals surface area contributed by atoms with Gasteiger partial charge in [-0.3, -0.25) is 0 Å². The molecule has 4 heteroatoms. The van der Waals surface area contributed by atoms with E-state index in [1.54, 1.807) is 11.8 Å². The Balaban J connectivity index is 2.25. The first-order valence-electron chi connectivity index (χ1n) is 5.15. The molecule has 0 aliphatic rings. The second-order valence-electron chi connectivity index (χ2n) is 3.59. The van der Waals surface area contributed by atoms with Crippen LogP contribution in [0.2, 0.25) is 0 Å². The second kappa shape index (κ2) is 5.64. The van der Waals surface area contributed by atoms with Crippen LogP contribution in [0.4, 0.5) is 17.1 Å². The third-order valence-electron chi connectivity index (χ3n) is 2.36. The average molecular weight is 356 g/mol. The lowest BCUT2D eigenvalue weighted by molar-refractivity contribution is 1.44. The van der Waals surface area contributed by atoms with Crippen molar-refractivity contribution in [3.8, 4) is 0 Å². The summed E-state index contributed by atoms with van der Waals surface area (Å²) in [6.07, 6.45) is 2.07. The molecule has 0 aliphatic carbocycles. The minimum absolute atomic E-state index is 0.770. The molecule has 0 fully saturated rings. The van der Waals surface area contributed by atoms with Crippen molar-refractivity contribution in [1.82, 2.24) is 0 Å². The summed E-state index contributed by atoms with van der Waals surface area (Å²) in [5, 5.41) is 3.33. The molecule has 2 aromatic carbocycles. The SMILES string of the molecule is CSc1cccc(Nc2ccc(I)cc2N)c1. The summed E-state index contributed by atoms with van der Waals surface area (Å²) in [7, 11) is 0. The van der Waals surface area contributed by atoms with Crippen LogP contribution < -0.4 is 11.1 Å². The molecule has 3 N–H and O–H groups in total. The summed E-state index contributed by atoms with van der Waals surface area (Å²) in [6.45, 7) is 0. The Morgan fingerprint density at radius 1 is 1.18 bits per heavy atom. The molecular formula is C13H13IN2S. The lowest BCUT2D eigenvalue weighted by Gasteiger charge is -2.10.